The van der Waals surface area contributed by atoms with Crippen LogP contribution in [-0.2, 0) is 0 Å². The molecule has 32 heavy (non-hydrogen) atoms. The first-order valence-electron chi connectivity index (χ1n) is 10.1. The highest BCUT2D eigenvalue weighted by Gasteiger charge is 2.23. The van der Waals surface area contributed by atoms with Gasteiger partial charge in [-0.05, 0) is 42.8 Å². The largest absolute Gasteiger partial charge is 0.453 e. The van der Waals surface area contributed by atoms with Gasteiger partial charge in [-0.2, -0.15) is 0 Å². The third-order valence-corrected chi connectivity index (χ3v) is 5.36. The number of hydrogen-bond acceptors (Lipinski definition) is 5. The van der Waals surface area contributed by atoms with Crippen molar-refractivity contribution < 1.29 is 22.8 Å². The second-order valence-corrected chi connectivity index (χ2v) is 7.52. The monoisotopic (exact) mass is 427 g/mol. The Hall–Kier alpha value is -4.19. The van der Waals surface area contributed by atoms with E-state index < -0.39 is 11.6 Å². The van der Waals surface area contributed by atoms with Gasteiger partial charge in [0.1, 0.15) is 17.0 Å². The van der Waals surface area contributed by atoms with Gasteiger partial charge in [0.2, 0.25) is 11.6 Å². The molecule has 5 rings (SSSR count). The fourth-order valence-electron chi connectivity index (χ4n) is 3.62. The average Bonchev–Trinajstić information content (AvgIpc) is 3.40. The number of rotatable bonds is 6. The van der Waals surface area contributed by atoms with Gasteiger partial charge in [-0.15, -0.1) is 0 Å². The normalized spacial score (nSPS) is 11.2. The summed E-state index contributed by atoms with van der Waals surface area (Å²) in [6.45, 7) is 1.52. The van der Waals surface area contributed by atoms with E-state index in [9.17, 15) is 14.0 Å². The lowest BCUT2D eigenvalue weighted by atomic mass is 10.0. The number of carbonyl (C=O) groups excluding carboxylic acids is 2. The lowest BCUT2D eigenvalue weighted by Gasteiger charge is -2.06. The van der Waals surface area contributed by atoms with Gasteiger partial charge in [-0.25, -0.2) is 4.39 Å². The van der Waals surface area contributed by atoms with Crippen molar-refractivity contribution in [2.75, 3.05) is 11.9 Å². The Morgan fingerprint density at radius 1 is 0.906 bits per heavy atom. The van der Waals surface area contributed by atoms with Crippen molar-refractivity contribution >= 4 is 39.2 Å². The number of nitrogens with one attached hydrogen (secondary N) is 1. The second-order valence-electron chi connectivity index (χ2n) is 7.52. The molecule has 0 aliphatic rings. The molecule has 0 fully saturated rings. The van der Waals surface area contributed by atoms with Crippen LogP contribution in [0.5, 0.6) is 0 Å². The molecular weight excluding hydrogens is 409 g/mol. The molecule has 0 aliphatic heterocycles. The van der Waals surface area contributed by atoms with Crippen LogP contribution < -0.4 is 5.32 Å². The fraction of sp³-hybridized carbons (Fsp3) is 0.0769. The van der Waals surface area contributed by atoms with Crippen molar-refractivity contribution in [1.29, 1.82) is 0 Å². The Balaban J connectivity index is 1.48. The van der Waals surface area contributed by atoms with E-state index >= 15 is 0 Å². The molecule has 0 amide bonds. The quantitative estimate of drug-likeness (QED) is 0.329. The van der Waals surface area contributed by atoms with Gasteiger partial charge in [-0.3, -0.25) is 9.59 Å². The predicted octanol–water partition coefficient (Wildman–Crippen LogP) is 6.15. The van der Waals surface area contributed by atoms with Gasteiger partial charge in [0.15, 0.2) is 11.5 Å². The Bertz CT molecular complexity index is 1460. The maximum atomic E-state index is 14.0. The Morgan fingerprint density at radius 2 is 1.66 bits per heavy atom. The second kappa shape index (κ2) is 7.81. The molecule has 0 atom stereocenters. The molecule has 5 nitrogen and oxygen atoms in total. The molecule has 0 radical (unpaired) electrons. The summed E-state index contributed by atoms with van der Waals surface area (Å²) in [5.41, 5.74) is 2.11. The number of ketones is 2. The Kier molecular flexibility index (Phi) is 4.82. The molecule has 0 bridgehead atoms. The van der Waals surface area contributed by atoms with Gasteiger partial charge in [-0.1, -0.05) is 42.5 Å². The van der Waals surface area contributed by atoms with Crippen molar-refractivity contribution in [3.8, 4) is 0 Å². The maximum absolute atomic E-state index is 14.0. The van der Waals surface area contributed by atoms with Crippen LogP contribution in [0.1, 0.15) is 32.2 Å². The van der Waals surface area contributed by atoms with E-state index in [2.05, 4.69) is 5.32 Å². The van der Waals surface area contributed by atoms with Crippen LogP contribution in [0.3, 0.4) is 0 Å². The number of furan rings is 2. The fourth-order valence-corrected chi connectivity index (χ4v) is 3.62. The van der Waals surface area contributed by atoms with Crippen LogP contribution in [0, 0.1) is 12.7 Å². The van der Waals surface area contributed by atoms with Gasteiger partial charge in [0.05, 0.1) is 12.2 Å². The minimum atomic E-state index is -0.473. The van der Waals surface area contributed by atoms with Crippen LogP contribution in [0.15, 0.2) is 81.6 Å². The third kappa shape index (κ3) is 3.46. The molecule has 3 aromatic carbocycles. The summed E-state index contributed by atoms with van der Waals surface area (Å²) < 4.78 is 25.5. The lowest BCUT2D eigenvalue weighted by Crippen LogP contribution is -2.15. The summed E-state index contributed by atoms with van der Waals surface area (Å²) in [6.07, 6.45) is 0. The summed E-state index contributed by atoms with van der Waals surface area (Å²) >= 11 is 0. The standard InChI is InChI=1S/C26H18FNO4/c1-15-10-11-17(12-19(15)27)25(30)26-24(18-7-3-5-9-22(18)32-26)28-14-20(29)23-13-16-6-2-4-8-21(16)31-23/h2-13,28H,14H2,1H3. The SMILES string of the molecule is Cc1ccc(C(=O)c2oc3ccccc3c2NCC(=O)c2cc3ccccc3o2)cc1F. The highest BCUT2D eigenvalue weighted by atomic mass is 19.1. The maximum Gasteiger partial charge on any atom is 0.230 e. The van der Waals surface area contributed by atoms with E-state index in [0.717, 1.165) is 5.39 Å². The predicted molar refractivity (Wildman–Crippen MR) is 120 cm³/mol. The summed E-state index contributed by atoms with van der Waals surface area (Å²) in [5.74, 6) is -0.974. The van der Waals surface area contributed by atoms with E-state index in [1.807, 2.05) is 24.3 Å². The summed E-state index contributed by atoms with van der Waals surface area (Å²) in [5, 5.41) is 4.53. The number of benzene rings is 3. The van der Waals surface area contributed by atoms with Crippen molar-refractivity contribution in [2.45, 2.75) is 6.92 Å². The summed E-state index contributed by atoms with van der Waals surface area (Å²) in [4.78, 5) is 25.9. The van der Waals surface area contributed by atoms with Crippen LogP contribution >= 0.6 is 0 Å². The number of anilines is 1. The number of aryl methyl sites for hydroxylation is 1. The molecule has 0 saturated heterocycles. The molecule has 5 aromatic rings. The molecule has 0 spiro atoms. The molecule has 0 aliphatic carbocycles. The molecule has 0 saturated carbocycles. The molecule has 1 N–H and O–H groups in total. The Labute approximate surface area is 182 Å². The van der Waals surface area contributed by atoms with E-state index in [-0.39, 0.29) is 29.4 Å². The minimum absolute atomic E-state index is 0.0202. The van der Waals surface area contributed by atoms with Crippen molar-refractivity contribution in [1.82, 2.24) is 0 Å². The molecular formula is C26H18FNO4. The van der Waals surface area contributed by atoms with Crippen molar-refractivity contribution in [3.05, 3.63) is 101 Å². The smallest absolute Gasteiger partial charge is 0.230 e. The molecule has 158 valence electrons. The third-order valence-electron chi connectivity index (χ3n) is 5.36. The van der Waals surface area contributed by atoms with E-state index in [0.29, 0.717) is 27.8 Å². The van der Waals surface area contributed by atoms with Crippen molar-refractivity contribution in [2.24, 2.45) is 0 Å². The first-order chi connectivity index (χ1) is 15.5. The Morgan fingerprint density at radius 3 is 2.44 bits per heavy atom. The van der Waals surface area contributed by atoms with Crippen LogP contribution in [-0.4, -0.2) is 18.1 Å². The zero-order chi connectivity index (χ0) is 22.2. The average molecular weight is 427 g/mol. The number of halogens is 1. The molecule has 0 unspecified atom stereocenters. The summed E-state index contributed by atoms with van der Waals surface area (Å²) in [6, 6.07) is 20.5. The molecule has 6 heteroatoms. The highest BCUT2D eigenvalue weighted by molar-refractivity contribution is 6.15. The topological polar surface area (TPSA) is 72.5 Å². The number of Topliss-reactive ketones (excluding diaryl/α,β-unsaturated/α-hetero) is 1. The number of hydrogen-bond donors (Lipinski definition) is 1. The first-order valence-corrected chi connectivity index (χ1v) is 10.1. The van der Waals surface area contributed by atoms with Crippen LogP contribution in [0.4, 0.5) is 10.1 Å². The van der Waals surface area contributed by atoms with Gasteiger partial charge >= 0.3 is 0 Å². The molecule has 2 aromatic heterocycles. The van der Waals surface area contributed by atoms with Gasteiger partial charge in [0.25, 0.3) is 0 Å². The molecule has 2 heterocycles. The van der Waals surface area contributed by atoms with E-state index in [1.54, 1.807) is 49.4 Å². The van der Waals surface area contributed by atoms with E-state index in [4.69, 9.17) is 8.83 Å². The van der Waals surface area contributed by atoms with Gasteiger partial charge < -0.3 is 14.2 Å². The zero-order valence-corrected chi connectivity index (χ0v) is 17.1. The van der Waals surface area contributed by atoms with E-state index in [1.165, 1.54) is 6.07 Å². The minimum Gasteiger partial charge on any atom is -0.453 e. The number of carbonyl (C=O) groups is 2. The van der Waals surface area contributed by atoms with Crippen molar-refractivity contribution in [3.63, 3.8) is 0 Å². The van der Waals surface area contributed by atoms with Crippen LogP contribution in [0.25, 0.3) is 21.9 Å². The summed E-state index contributed by atoms with van der Waals surface area (Å²) in [7, 11) is 0. The highest BCUT2D eigenvalue weighted by Crippen LogP contribution is 2.33. The van der Waals surface area contributed by atoms with Crippen LogP contribution in [0.2, 0.25) is 0 Å². The lowest BCUT2D eigenvalue weighted by molar-refractivity contribution is 0.0978. The number of para-hydroxylation sites is 2. The first kappa shape index (κ1) is 19.8. The van der Waals surface area contributed by atoms with Gasteiger partial charge in [0, 0.05) is 16.3 Å². The number of fused-ring (bicyclic) bond motifs is 2. The zero-order valence-electron chi connectivity index (χ0n) is 17.1.